The zero-order chi connectivity index (χ0) is 14.8. The highest BCUT2D eigenvalue weighted by molar-refractivity contribution is 5.94. The van der Waals surface area contributed by atoms with Crippen LogP contribution < -0.4 is 10.6 Å². The molecule has 0 aliphatic heterocycles. The molecule has 0 fully saturated rings. The van der Waals surface area contributed by atoms with E-state index in [1.54, 1.807) is 12.3 Å². The predicted molar refractivity (Wildman–Crippen MR) is 73.8 cm³/mol. The third kappa shape index (κ3) is 5.98. The monoisotopic (exact) mass is 275 g/mol. The van der Waals surface area contributed by atoms with Crippen molar-refractivity contribution in [3.8, 4) is 11.8 Å². The Bertz CT molecular complexity index is 532. The largest absolute Gasteiger partial charge is 0.395 e. The number of hydrogen-bond acceptors (Lipinski definition) is 4. The lowest BCUT2D eigenvalue weighted by Crippen LogP contribution is -2.33. The molecular weight excluding hydrogens is 258 g/mol. The molecule has 0 aromatic carbocycles. The minimum Gasteiger partial charge on any atom is -0.395 e. The lowest BCUT2D eigenvalue weighted by atomic mass is 10.2. The number of hydrogen-bond donors (Lipinski definition) is 3. The summed E-state index contributed by atoms with van der Waals surface area (Å²) in [5, 5.41) is 13.9. The van der Waals surface area contributed by atoms with Crippen molar-refractivity contribution < 1.29 is 14.7 Å². The molecule has 0 spiro atoms. The van der Waals surface area contributed by atoms with Crippen LogP contribution in [0.4, 0.5) is 0 Å². The molecule has 6 heteroatoms. The van der Waals surface area contributed by atoms with Gasteiger partial charge in [-0.05, 0) is 6.07 Å². The predicted octanol–water partition coefficient (Wildman–Crippen LogP) is -0.319. The van der Waals surface area contributed by atoms with Crippen molar-refractivity contribution in [1.82, 2.24) is 15.6 Å². The van der Waals surface area contributed by atoms with E-state index in [1.807, 2.05) is 0 Å². The van der Waals surface area contributed by atoms with Crippen LogP contribution in [-0.2, 0) is 4.79 Å². The second-order valence-corrected chi connectivity index (χ2v) is 3.98. The van der Waals surface area contributed by atoms with Crippen LogP contribution in [0.5, 0.6) is 0 Å². The van der Waals surface area contributed by atoms with E-state index >= 15 is 0 Å². The van der Waals surface area contributed by atoms with Gasteiger partial charge in [0.1, 0.15) is 0 Å². The fourth-order valence-corrected chi connectivity index (χ4v) is 1.37. The third-order valence-electron chi connectivity index (χ3n) is 2.25. The van der Waals surface area contributed by atoms with Crippen LogP contribution in [0.15, 0.2) is 18.5 Å². The molecule has 0 aliphatic carbocycles. The minimum atomic E-state index is -0.270. The molecule has 0 saturated heterocycles. The summed E-state index contributed by atoms with van der Waals surface area (Å²) in [6.45, 7) is 2.15. The minimum absolute atomic E-state index is 0.00372. The lowest BCUT2D eigenvalue weighted by molar-refractivity contribution is -0.118. The number of nitrogens with zero attached hydrogens (tertiary/aromatic N) is 1. The van der Waals surface area contributed by atoms with Gasteiger partial charge in [0.25, 0.3) is 5.91 Å². The summed E-state index contributed by atoms with van der Waals surface area (Å²) in [6, 6.07) is 1.63. The molecule has 1 aromatic heterocycles. The number of aliphatic hydroxyl groups is 1. The van der Waals surface area contributed by atoms with E-state index in [-0.39, 0.29) is 18.4 Å². The number of pyridine rings is 1. The zero-order valence-corrected chi connectivity index (χ0v) is 11.3. The van der Waals surface area contributed by atoms with E-state index in [4.69, 9.17) is 5.11 Å². The topological polar surface area (TPSA) is 91.3 Å². The van der Waals surface area contributed by atoms with Crippen LogP contribution >= 0.6 is 0 Å². The standard InChI is InChI=1S/C14H17N3O3/c1-11(19)16-5-6-17-14(20)13-8-12(9-15-10-13)4-2-3-7-18/h8-10,18H,3,5-7H2,1H3,(H,16,19)(H,17,20). The van der Waals surface area contributed by atoms with Gasteiger partial charge in [-0.25, -0.2) is 0 Å². The Kier molecular flexibility index (Phi) is 6.79. The van der Waals surface area contributed by atoms with Gasteiger partial charge in [-0.15, -0.1) is 0 Å². The van der Waals surface area contributed by atoms with Gasteiger partial charge < -0.3 is 15.7 Å². The number of nitrogens with one attached hydrogen (secondary N) is 2. The average molecular weight is 275 g/mol. The lowest BCUT2D eigenvalue weighted by Gasteiger charge is -2.05. The summed E-state index contributed by atoms with van der Waals surface area (Å²) in [5.41, 5.74) is 1.02. The van der Waals surface area contributed by atoms with E-state index in [0.717, 1.165) is 0 Å². The smallest absolute Gasteiger partial charge is 0.252 e. The van der Waals surface area contributed by atoms with Gasteiger partial charge >= 0.3 is 0 Å². The Hall–Kier alpha value is -2.39. The zero-order valence-electron chi connectivity index (χ0n) is 11.3. The molecule has 0 unspecified atom stereocenters. The van der Waals surface area contributed by atoms with Gasteiger partial charge in [-0.2, -0.15) is 0 Å². The molecule has 3 N–H and O–H groups in total. The van der Waals surface area contributed by atoms with Crippen LogP contribution in [0, 0.1) is 11.8 Å². The Morgan fingerprint density at radius 1 is 1.30 bits per heavy atom. The molecule has 106 valence electrons. The van der Waals surface area contributed by atoms with Crippen molar-refractivity contribution in [3.05, 3.63) is 29.6 Å². The van der Waals surface area contributed by atoms with Gasteiger partial charge in [0.2, 0.25) is 5.91 Å². The molecule has 0 bridgehead atoms. The first-order valence-electron chi connectivity index (χ1n) is 6.21. The molecule has 1 rings (SSSR count). The highest BCUT2D eigenvalue weighted by atomic mass is 16.2. The van der Waals surface area contributed by atoms with Crippen LogP contribution in [0.2, 0.25) is 0 Å². The van der Waals surface area contributed by atoms with E-state index in [2.05, 4.69) is 27.5 Å². The van der Waals surface area contributed by atoms with Gasteiger partial charge in [0.05, 0.1) is 12.2 Å². The van der Waals surface area contributed by atoms with E-state index in [9.17, 15) is 9.59 Å². The van der Waals surface area contributed by atoms with Crippen LogP contribution in [0.1, 0.15) is 29.3 Å². The van der Waals surface area contributed by atoms with Gasteiger partial charge in [-0.3, -0.25) is 14.6 Å². The first kappa shape index (κ1) is 15.7. The first-order chi connectivity index (χ1) is 9.63. The van der Waals surface area contributed by atoms with Crippen LogP contribution in [0.25, 0.3) is 0 Å². The summed E-state index contributed by atoms with van der Waals surface area (Å²) in [7, 11) is 0. The molecule has 1 aromatic rings. The fourth-order valence-electron chi connectivity index (χ4n) is 1.37. The maximum atomic E-state index is 11.8. The van der Waals surface area contributed by atoms with E-state index in [0.29, 0.717) is 30.6 Å². The summed E-state index contributed by atoms with van der Waals surface area (Å²) in [5.74, 6) is 5.17. The molecule has 0 aliphatic rings. The highest BCUT2D eigenvalue weighted by Gasteiger charge is 2.05. The first-order valence-corrected chi connectivity index (χ1v) is 6.21. The molecule has 0 atom stereocenters. The number of carbonyl (C=O) groups is 2. The molecular formula is C14H17N3O3. The molecule has 0 radical (unpaired) electrons. The molecule has 2 amide bonds. The Morgan fingerprint density at radius 3 is 2.75 bits per heavy atom. The molecule has 1 heterocycles. The molecule has 0 saturated carbocycles. The maximum Gasteiger partial charge on any atom is 0.252 e. The van der Waals surface area contributed by atoms with Crippen molar-refractivity contribution in [2.75, 3.05) is 19.7 Å². The molecule has 20 heavy (non-hydrogen) atoms. The SMILES string of the molecule is CC(=O)NCCNC(=O)c1cncc(C#CCCO)c1. The van der Waals surface area contributed by atoms with Crippen molar-refractivity contribution in [2.24, 2.45) is 0 Å². The van der Waals surface area contributed by atoms with Gasteiger partial charge in [-0.1, -0.05) is 11.8 Å². The van der Waals surface area contributed by atoms with Crippen molar-refractivity contribution in [1.29, 1.82) is 0 Å². The van der Waals surface area contributed by atoms with Crippen LogP contribution in [-0.4, -0.2) is 41.6 Å². The summed E-state index contributed by atoms with van der Waals surface area (Å²) in [6.07, 6.45) is 3.39. The van der Waals surface area contributed by atoms with Crippen molar-refractivity contribution >= 4 is 11.8 Å². The highest BCUT2D eigenvalue weighted by Crippen LogP contribution is 2.01. The van der Waals surface area contributed by atoms with Gasteiger partial charge in [0.15, 0.2) is 0 Å². The number of amides is 2. The Labute approximate surface area is 117 Å². The summed E-state index contributed by atoms with van der Waals surface area (Å²) >= 11 is 0. The summed E-state index contributed by atoms with van der Waals surface area (Å²) in [4.78, 5) is 26.4. The van der Waals surface area contributed by atoms with Crippen molar-refractivity contribution in [3.63, 3.8) is 0 Å². The van der Waals surface area contributed by atoms with E-state index in [1.165, 1.54) is 13.1 Å². The van der Waals surface area contributed by atoms with E-state index < -0.39 is 0 Å². The van der Waals surface area contributed by atoms with Crippen molar-refractivity contribution in [2.45, 2.75) is 13.3 Å². The number of aliphatic hydroxyl groups excluding tert-OH is 1. The summed E-state index contributed by atoms with van der Waals surface area (Å²) < 4.78 is 0. The third-order valence-corrected chi connectivity index (χ3v) is 2.25. The second-order valence-electron chi connectivity index (χ2n) is 3.98. The average Bonchev–Trinajstić information content (AvgIpc) is 2.44. The fraction of sp³-hybridized carbons (Fsp3) is 0.357. The van der Waals surface area contributed by atoms with Gasteiger partial charge in [0, 0.05) is 44.4 Å². The number of aromatic nitrogens is 1. The number of rotatable bonds is 5. The van der Waals surface area contributed by atoms with Crippen LogP contribution in [0.3, 0.4) is 0 Å². The normalized spacial score (nSPS) is 9.30. The number of carbonyl (C=O) groups excluding carboxylic acids is 2. The maximum absolute atomic E-state index is 11.8. The Morgan fingerprint density at radius 2 is 2.05 bits per heavy atom. The Balaban J connectivity index is 2.54. The molecule has 6 nitrogen and oxygen atoms in total. The quantitative estimate of drug-likeness (QED) is 0.507. The second kappa shape index (κ2) is 8.67.